The third-order valence-electron chi connectivity index (χ3n) is 2.55. The Kier molecular flexibility index (Phi) is 12.9. The van der Waals surface area contributed by atoms with Gasteiger partial charge in [-0.05, 0) is 0 Å². The lowest BCUT2D eigenvalue weighted by Gasteiger charge is -2.07. The number of rotatable bonds is 15. The molecule has 0 aromatic carbocycles. The van der Waals surface area contributed by atoms with E-state index in [4.69, 9.17) is 9.47 Å². The summed E-state index contributed by atoms with van der Waals surface area (Å²) in [5.41, 5.74) is 0. The Morgan fingerprint density at radius 2 is 1.12 bits per heavy atom. The van der Waals surface area contributed by atoms with Crippen LogP contribution in [0.2, 0.25) is 0 Å². The lowest BCUT2D eigenvalue weighted by Crippen LogP contribution is -2.29. The molecular weight excluding hydrogens is 328 g/mol. The zero-order chi connectivity index (χ0) is 18.2. The molecule has 0 saturated heterocycles. The van der Waals surface area contributed by atoms with Crippen LogP contribution in [0.5, 0.6) is 0 Å². The minimum absolute atomic E-state index is 0.163. The van der Waals surface area contributed by atoms with Crippen LogP contribution in [-0.4, -0.2) is 74.3 Å². The standard InChI is InChI=1S/C12H22N4O8/c17-11(1-5-15(19)20)13-3-7-23-9-10-24-8-4-14-12(18)2-6-16(21)22/h1-10H2,(H,13,17)(H,14,18). The second-order valence-electron chi connectivity index (χ2n) is 4.54. The highest BCUT2D eigenvalue weighted by Crippen LogP contribution is 1.83. The molecule has 12 nitrogen and oxygen atoms in total. The van der Waals surface area contributed by atoms with Crippen molar-refractivity contribution in [2.24, 2.45) is 0 Å². The van der Waals surface area contributed by atoms with Gasteiger partial charge in [0.1, 0.15) is 0 Å². The first-order valence-electron chi connectivity index (χ1n) is 7.34. The van der Waals surface area contributed by atoms with E-state index in [2.05, 4.69) is 10.6 Å². The van der Waals surface area contributed by atoms with Gasteiger partial charge in [0.05, 0.1) is 39.3 Å². The molecule has 0 aliphatic heterocycles. The van der Waals surface area contributed by atoms with Crippen molar-refractivity contribution in [1.82, 2.24) is 10.6 Å². The van der Waals surface area contributed by atoms with E-state index in [1.807, 2.05) is 0 Å². The smallest absolute Gasteiger partial charge is 0.226 e. The molecule has 0 unspecified atom stereocenters. The lowest BCUT2D eigenvalue weighted by atomic mass is 10.4. The van der Waals surface area contributed by atoms with Crippen LogP contribution in [0.15, 0.2) is 0 Å². The molecule has 0 aromatic heterocycles. The Labute approximate surface area is 138 Å². The lowest BCUT2D eigenvalue weighted by molar-refractivity contribution is -0.478. The summed E-state index contributed by atoms with van der Waals surface area (Å²) in [5.74, 6) is -0.807. The number of carbonyl (C=O) groups excluding carboxylic acids is 2. The van der Waals surface area contributed by atoms with E-state index >= 15 is 0 Å². The van der Waals surface area contributed by atoms with Crippen LogP contribution >= 0.6 is 0 Å². The highest BCUT2D eigenvalue weighted by molar-refractivity contribution is 5.76. The number of amides is 2. The van der Waals surface area contributed by atoms with E-state index in [0.717, 1.165) is 0 Å². The summed E-state index contributed by atoms with van der Waals surface area (Å²) >= 11 is 0. The van der Waals surface area contributed by atoms with Crippen molar-refractivity contribution >= 4 is 11.8 Å². The Hall–Kier alpha value is -2.34. The third kappa shape index (κ3) is 16.0. The summed E-state index contributed by atoms with van der Waals surface area (Å²) in [6.07, 6.45) is -0.326. The maximum atomic E-state index is 11.1. The first kappa shape index (κ1) is 21.7. The van der Waals surface area contributed by atoms with Crippen LogP contribution in [0.1, 0.15) is 12.8 Å². The number of ether oxygens (including phenoxy) is 2. The van der Waals surface area contributed by atoms with Gasteiger partial charge in [-0.3, -0.25) is 29.8 Å². The van der Waals surface area contributed by atoms with Crippen LogP contribution in [0, 0.1) is 20.2 Å². The molecule has 0 fully saturated rings. The number of nitrogens with one attached hydrogen (secondary N) is 2. The number of hydrogen-bond acceptors (Lipinski definition) is 8. The van der Waals surface area contributed by atoms with Crippen LogP contribution in [0.25, 0.3) is 0 Å². The van der Waals surface area contributed by atoms with Crippen LogP contribution < -0.4 is 10.6 Å². The van der Waals surface area contributed by atoms with Gasteiger partial charge in [-0.2, -0.15) is 0 Å². The highest BCUT2D eigenvalue weighted by Gasteiger charge is 2.06. The predicted molar refractivity (Wildman–Crippen MR) is 80.6 cm³/mol. The van der Waals surface area contributed by atoms with Crippen molar-refractivity contribution in [1.29, 1.82) is 0 Å². The van der Waals surface area contributed by atoms with Gasteiger partial charge in [0.25, 0.3) is 0 Å². The topological polar surface area (TPSA) is 163 Å². The summed E-state index contributed by atoms with van der Waals surface area (Å²) < 4.78 is 10.3. The molecule has 0 rings (SSSR count). The molecule has 0 aliphatic carbocycles. The van der Waals surface area contributed by atoms with Gasteiger partial charge in [-0.15, -0.1) is 0 Å². The predicted octanol–water partition coefficient (Wildman–Crippen LogP) is -1.41. The third-order valence-corrected chi connectivity index (χ3v) is 2.55. The monoisotopic (exact) mass is 350 g/mol. The zero-order valence-electron chi connectivity index (χ0n) is 13.2. The van der Waals surface area contributed by atoms with E-state index in [1.165, 1.54) is 0 Å². The molecule has 24 heavy (non-hydrogen) atoms. The largest absolute Gasteiger partial charge is 0.377 e. The SMILES string of the molecule is O=C(CC[N+](=O)[O-])NCCOCCOCCNC(=O)CC[N+](=O)[O-]. The number of nitrogens with zero attached hydrogens (tertiary/aromatic N) is 2. The summed E-state index contributed by atoms with van der Waals surface area (Å²) in [6.45, 7) is 0.800. The Bertz CT molecular complexity index is 380. The molecule has 0 aliphatic rings. The quantitative estimate of drug-likeness (QED) is 0.206. The Balaban J connectivity index is 3.28. The number of hydrogen-bond donors (Lipinski definition) is 2. The molecule has 0 atom stereocenters. The fraction of sp³-hybridized carbons (Fsp3) is 0.833. The van der Waals surface area contributed by atoms with E-state index in [-0.39, 0.29) is 39.1 Å². The van der Waals surface area contributed by atoms with E-state index in [9.17, 15) is 29.8 Å². The first-order valence-corrected chi connectivity index (χ1v) is 7.34. The van der Waals surface area contributed by atoms with E-state index in [1.54, 1.807) is 0 Å². The van der Waals surface area contributed by atoms with Gasteiger partial charge in [-0.1, -0.05) is 0 Å². The van der Waals surface area contributed by atoms with Gasteiger partial charge >= 0.3 is 0 Å². The minimum atomic E-state index is -0.557. The Morgan fingerprint density at radius 3 is 1.46 bits per heavy atom. The van der Waals surface area contributed by atoms with Gasteiger partial charge in [0, 0.05) is 22.9 Å². The van der Waals surface area contributed by atoms with Gasteiger partial charge in [0.15, 0.2) is 0 Å². The maximum absolute atomic E-state index is 11.1. The molecular formula is C12H22N4O8. The van der Waals surface area contributed by atoms with Crippen molar-refractivity contribution in [3.63, 3.8) is 0 Å². The van der Waals surface area contributed by atoms with Crippen molar-refractivity contribution in [2.75, 3.05) is 52.6 Å². The minimum Gasteiger partial charge on any atom is -0.377 e. The highest BCUT2D eigenvalue weighted by atomic mass is 16.6. The van der Waals surface area contributed by atoms with Crippen molar-refractivity contribution in [2.45, 2.75) is 12.8 Å². The van der Waals surface area contributed by atoms with Gasteiger partial charge in [0.2, 0.25) is 24.9 Å². The second kappa shape index (κ2) is 14.3. The van der Waals surface area contributed by atoms with Crippen LogP contribution in [0.4, 0.5) is 0 Å². The van der Waals surface area contributed by atoms with Crippen molar-refractivity contribution in [3.8, 4) is 0 Å². The van der Waals surface area contributed by atoms with Crippen LogP contribution in [-0.2, 0) is 19.1 Å². The van der Waals surface area contributed by atoms with Crippen molar-refractivity contribution in [3.05, 3.63) is 20.2 Å². The van der Waals surface area contributed by atoms with Crippen LogP contribution in [0.3, 0.4) is 0 Å². The molecule has 12 heteroatoms. The molecule has 0 heterocycles. The molecule has 0 aromatic rings. The number of nitro groups is 2. The Morgan fingerprint density at radius 1 is 0.750 bits per heavy atom. The van der Waals surface area contributed by atoms with Gasteiger partial charge in [-0.25, -0.2) is 0 Å². The summed E-state index contributed by atoms with van der Waals surface area (Å²) in [6, 6.07) is 0. The fourth-order valence-electron chi connectivity index (χ4n) is 1.41. The number of carbonyl (C=O) groups is 2. The summed E-state index contributed by atoms with van der Waals surface area (Å²) in [4.78, 5) is 41.3. The fourth-order valence-corrected chi connectivity index (χ4v) is 1.41. The molecule has 0 spiro atoms. The summed E-state index contributed by atoms with van der Waals surface area (Å²) in [5, 5.41) is 25.1. The van der Waals surface area contributed by atoms with E-state index in [0.29, 0.717) is 13.2 Å². The first-order chi connectivity index (χ1) is 11.4. The second-order valence-corrected chi connectivity index (χ2v) is 4.54. The zero-order valence-corrected chi connectivity index (χ0v) is 13.2. The average Bonchev–Trinajstić information content (AvgIpc) is 2.52. The van der Waals surface area contributed by atoms with Crippen molar-refractivity contribution < 1.29 is 28.9 Å². The molecule has 0 radical (unpaired) electrons. The molecule has 2 N–H and O–H groups in total. The molecule has 2 amide bonds. The van der Waals surface area contributed by atoms with Gasteiger partial charge < -0.3 is 20.1 Å². The molecule has 0 bridgehead atoms. The molecule has 138 valence electrons. The summed E-state index contributed by atoms with van der Waals surface area (Å²) in [7, 11) is 0. The maximum Gasteiger partial charge on any atom is 0.226 e. The normalized spacial score (nSPS) is 10.2. The molecule has 0 saturated carbocycles. The average molecular weight is 350 g/mol. The van der Waals surface area contributed by atoms with E-state index < -0.39 is 34.8 Å².